The van der Waals surface area contributed by atoms with Gasteiger partial charge in [-0.05, 0) is 45.1 Å². The third-order valence-corrected chi connectivity index (χ3v) is 3.59. The predicted molar refractivity (Wildman–Crippen MR) is 131 cm³/mol. The number of anilines is 1. The summed E-state index contributed by atoms with van der Waals surface area (Å²) in [4.78, 5) is 18.4. The van der Waals surface area contributed by atoms with E-state index in [1.807, 2.05) is 31.2 Å². The Hall–Kier alpha value is -2.95. The monoisotopic (exact) mass is 435 g/mol. The SMILES string of the molecule is C=N/C=C(C=O)/C(=N\N)c1ccc(NSCC)cc1.CCOC/N=C\C=C\N.CN. The van der Waals surface area contributed by atoms with Gasteiger partial charge in [-0.1, -0.05) is 31.0 Å². The Labute approximate surface area is 183 Å². The standard InChI is InChI=1S/C13H16N4OS.C6H12N2O.CH5N/c1-3-19-17-12-6-4-10(5-7-12)13(16-14)11(9-18)8-15-2;1-2-9-6-8-5-3-4-7;1-2/h4-9,17H,2-3,14H2,1H3;3-5H,2,6-7H2,1H3;2H2,1H3/b11-8+,16-13-;4-3+,8-5-;. The van der Waals surface area contributed by atoms with Crippen LogP contribution >= 0.6 is 11.9 Å². The Balaban J connectivity index is 0. The van der Waals surface area contributed by atoms with Crippen LogP contribution in [0.15, 0.2) is 63.4 Å². The van der Waals surface area contributed by atoms with Crippen LogP contribution in [0, 0.1) is 0 Å². The van der Waals surface area contributed by atoms with Gasteiger partial charge >= 0.3 is 0 Å². The van der Waals surface area contributed by atoms with E-state index in [0.29, 0.717) is 30.9 Å². The maximum Gasteiger partial charge on any atom is 0.153 e. The van der Waals surface area contributed by atoms with Gasteiger partial charge in [-0.15, -0.1) is 0 Å². The molecule has 0 bridgehead atoms. The molecular weight excluding hydrogens is 402 g/mol. The number of rotatable bonds is 11. The molecule has 0 aliphatic rings. The van der Waals surface area contributed by atoms with E-state index >= 15 is 0 Å². The highest BCUT2D eigenvalue weighted by Crippen LogP contribution is 2.16. The van der Waals surface area contributed by atoms with E-state index < -0.39 is 0 Å². The smallest absolute Gasteiger partial charge is 0.153 e. The van der Waals surface area contributed by atoms with Crippen LogP contribution in [0.2, 0.25) is 0 Å². The molecule has 1 rings (SSSR count). The Kier molecular flexibility index (Phi) is 21.8. The maximum atomic E-state index is 11.0. The number of hydrogen-bond donors (Lipinski definition) is 4. The van der Waals surface area contributed by atoms with E-state index in [9.17, 15) is 4.79 Å². The van der Waals surface area contributed by atoms with Crippen molar-refractivity contribution in [2.24, 2.45) is 32.4 Å². The average molecular weight is 436 g/mol. The van der Waals surface area contributed by atoms with Gasteiger partial charge in [-0.25, -0.2) is 0 Å². The van der Waals surface area contributed by atoms with E-state index in [1.165, 1.54) is 19.4 Å². The molecule has 0 saturated carbocycles. The number of nitrogens with one attached hydrogen (secondary N) is 1. The molecule has 0 aliphatic heterocycles. The molecule has 7 N–H and O–H groups in total. The van der Waals surface area contributed by atoms with E-state index in [0.717, 1.165) is 17.0 Å². The summed E-state index contributed by atoms with van der Waals surface area (Å²) in [5, 5.41) is 3.64. The number of aldehydes is 1. The molecule has 0 amide bonds. The molecule has 0 aliphatic carbocycles. The summed E-state index contributed by atoms with van der Waals surface area (Å²) in [5.41, 5.74) is 11.9. The summed E-state index contributed by atoms with van der Waals surface area (Å²) in [6.45, 7) is 8.42. The third kappa shape index (κ3) is 14.1. The molecular formula is C20H33N7O2S. The van der Waals surface area contributed by atoms with E-state index in [-0.39, 0.29) is 0 Å². The molecule has 0 saturated heterocycles. The number of aliphatic imine (C=N–C) groups is 2. The van der Waals surface area contributed by atoms with Gasteiger partial charge in [0.2, 0.25) is 0 Å². The molecule has 166 valence electrons. The van der Waals surface area contributed by atoms with Gasteiger partial charge in [-0.2, -0.15) is 5.10 Å². The molecule has 0 heterocycles. The predicted octanol–water partition coefficient (Wildman–Crippen LogP) is 2.31. The van der Waals surface area contributed by atoms with Crippen LogP contribution < -0.4 is 22.0 Å². The second kappa shape index (κ2) is 22.3. The van der Waals surface area contributed by atoms with Crippen LogP contribution in [0.25, 0.3) is 0 Å². The van der Waals surface area contributed by atoms with Crippen molar-refractivity contribution in [1.82, 2.24) is 0 Å². The van der Waals surface area contributed by atoms with E-state index in [4.69, 9.17) is 16.3 Å². The van der Waals surface area contributed by atoms with E-state index in [1.54, 1.807) is 24.2 Å². The second-order valence-corrected chi connectivity index (χ2v) is 5.88. The number of nitrogens with two attached hydrogens (primary N) is 3. The number of carbonyl (C=O) groups excluding carboxylic acids is 1. The molecule has 0 unspecified atom stereocenters. The molecule has 30 heavy (non-hydrogen) atoms. The van der Waals surface area contributed by atoms with Crippen LogP contribution in [0.3, 0.4) is 0 Å². The zero-order valence-electron chi connectivity index (χ0n) is 17.8. The fraction of sp³-hybridized carbons (Fsp3) is 0.300. The zero-order valence-corrected chi connectivity index (χ0v) is 18.6. The summed E-state index contributed by atoms with van der Waals surface area (Å²) in [6, 6.07) is 7.47. The van der Waals surface area contributed by atoms with Crippen molar-refractivity contribution in [1.29, 1.82) is 0 Å². The minimum absolute atomic E-state index is 0.293. The fourth-order valence-corrected chi connectivity index (χ4v) is 2.16. The first-order valence-corrected chi connectivity index (χ1v) is 10.1. The summed E-state index contributed by atoms with van der Waals surface area (Å²) in [6.07, 6.45) is 6.67. The highest BCUT2D eigenvalue weighted by molar-refractivity contribution is 8.00. The van der Waals surface area contributed by atoms with Gasteiger partial charge in [0, 0.05) is 36.0 Å². The van der Waals surface area contributed by atoms with Gasteiger partial charge in [0.05, 0.1) is 5.57 Å². The lowest BCUT2D eigenvalue weighted by Gasteiger charge is -2.07. The van der Waals surface area contributed by atoms with Crippen molar-refractivity contribution in [2.45, 2.75) is 13.8 Å². The lowest BCUT2D eigenvalue weighted by molar-refractivity contribution is -0.104. The number of hydrazone groups is 1. The summed E-state index contributed by atoms with van der Waals surface area (Å²) >= 11 is 1.60. The minimum Gasteiger partial charge on any atom is -0.405 e. The van der Waals surface area contributed by atoms with Crippen molar-refractivity contribution >= 4 is 42.6 Å². The fourth-order valence-electron chi connectivity index (χ4n) is 1.71. The average Bonchev–Trinajstić information content (AvgIpc) is 2.80. The van der Waals surface area contributed by atoms with Crippen molar-refractivity contribution in [3.8, 4) is 0 Å². The van der Waals surface area contributed by atoms with Gasteiger partial charge in [0.15, 0.2) is 6.29 Å². The Morgan fingerprint density at radius 1 is 1.27 bits per heavy atom. The molecule has 0 atom stereocenters. The number of ether oxygens (including phenoxy) is 1. The topological polar surface area (TPSA) is 153 Å². The summed E-state index contributed by atoms with van der Waals surface area (Å²) in [5.74, 6) is 6.31. The minimum atomic E-state index is 0.293. The van der Waals surface area contributed by atoms with Crippen LogP contribution in [0.5, 0.6) is 0 Å². The first-order valence-electron chi connectivity index (χ1n) is 9.08. The molecule has 0 spiro atoms. The molecule has 0 fully saturated rings. The Morgan fingerprint density at radius 3 is 2.40 bits per heavy atom. The lowest BCUT2D eigenvalue weighted by Crippen LogP contribution is -2.09. The first-order chi connectivity index (χ1) is 14.7. The molecule has 0 aromatic heterocycles. The van der Waals surface area contributed by atoms with E-state index in [2.05, 4.69) is 39.2 Å². The third-order valence-electron chi connectivity index (χ3n) is 2.93. The molecule has 1 aromatic rings. The Morgan fingerprint density at radius 2 is 1.93 bits per heavy atom. The molecule has 9 nitrogen and oxygen atoms in total. The van der Waals surface area contributed by atoms with Crippen LogP contribution in [-0.2, 0) is 9.53 Å². The van der Waals surface area contributed by atoms with Gasteiger partial charge in [0.25, 0.3) is 0 Å². The number of allylic oxidation sites excluding steroid dienone is 2. The largest absolute Gasteiger partial charge is 0.405 e. The van der Waals surface area contributed by atoms with Crippen LogP contribution in [0.4, 0.5) is 5.69 Å². The highest BCUT2D eigenvalue weighted by atomic mass is 32.2. The lowest BCUT2D eigenvalue weighted by atomic mass is 10.0. The van der Waals surface area contributed by atoms with Crippen molar-refractivity contribution < 1.29 is 9.53 Å². The summed E-state index contributed by atoms with van der Waals surface area (Å²) in [7, 11) is 1.50. The second-order valence-electron chi connectivity index (χ2n) is 4.81. The number of benzene rings is 1. The Bertz CT molecular complexity index is 687. The van der Waals surface area contributed by atoms with Crippen molar-refractivity contribution in [3.63, 3.8) is 0 Å². The normalized spacial score (nSPS) is 11.3. The molecule has 10 heteroatoms. The maximum absolute atomic E-state index is 11.0. The van der Waals surface area contributed by atoms with Crippen molar-refractivity contribution in [2.75, 3.05) is 30.9 Å². The quantitative estimate of drug-likeness (QED) is 0.0791. The first kappa shape index (κ1) is 29.3. The molecule has 0 radical (unpaired) electrons. The molecule has 1 aromatic carbocycles. The van der Waals surface area contributed by atoms with Gasteiger partial charge in [-0.3, -0.25) is 14.8 Å². The van der Waals surface area contributed by atoms with Crippen LogP contribution in [0.1, 0.15) is 19.4 Å². The zero-order chi connectivity index (χ0) is 23.0. The number of nitrogens with zero attached hydrogens (tertiary/aromatic N) is 3. The van der Waals surface area contributed by atoms with Crippen molar-refractivity contribution in [3.05, 3.63) is 53.9 Å². The van der Waals surface area contributed by atoms with Gasteiger partial charge in [0.1, 0.15) is 12.4 Å². The highest BCUT2D eigenvalue weighted by Gasteiger charge is 2.09. The van der Waals surface area contributed by atoms with Crippen LogP contribution in [-0.4, -0.2) is 51.1 Å². The van der Waals surface area contributed by atoms with Gasteiger partial charge < -0.3 is 26.8 Å². The summed E-state index contributed by atoms with van der Waals surface area (Å²) < 4.78 is 8.09. The number of hydrogen-bond acceptors (Lipinski definition) is 10. The number of carbonyl (C=O) groups is 1.